The Kier molecular flexibility index (Phi) is 6.10. The van der Waals surface area contributed by atoms with Crippen molar-refractivity contribution in [3.63, 3.8) is 0 Å². The Hall–Kier alpha value is 0.270. The molecule has 2 nitrogen and oxygen atoms in total. The maximum Gasteiger partial charge on any atom is 0.0496 e. The molecule has 0 heterocycles. The van der Waals surface area contributed by atoms with E-state index in [1.54, 1.807) is 0 Å². The molecule has 3 heteroatoms. The molecule has 0 aliphatic heterocycles. The molecule has 0 aromatic carbocycles. The first kappa shape index (κ1) is 14.3. The highest BCUT2D eigenvalue weighted by molar-refractivity contribution is 7.99. The number of nitrogens with one attached hydrogen (secondary N) is 1. The van der Waals surface area contributed by atoms with Gasteiger partial charge in [-0.1, -0.05) is 13.8 Å². The minimum Gasteiger partial charge on any atom is -0.396 e. The summed E-state index contributed by atoms with van der Waals surface area (Å²) in [6, 6.07) is 0. The zero-order valence-corrected chi connectivity index (χ0v) is 11.0. The average molecular weight is 219 g/mol. The molecule has 1 unspecified atom stereocenters. The Morgan fingerprint density at radius 2 is 1.79 bits per heavy atom. The van der Waals surface area contributed by atoms with Gasteiger partial charge in [-0.2, -0.15) is 11.8 Å². The lowest BCUT2D eigenvalue weighted by Gasteiger charge is -2.29. The highest BCUT2D eigenvalue weighted by Crippen LogP contribution is 2.22. The van der Waals surface area contributed by atoms with E-state index in [1.165, 1.54) is 0 Å². The lowest BCUT2D eigenvalue weighted by molar-refractivity contribution is 0.135. The van der Waals surface area contributed by atoms with Crippen LogP contribution in [0.5, 0.6) is 0 Å². The summed E-state index contributed by atoms with van der Waals surface area (Å²) in [4.78, 5) is 0. The molecule has 0 fully saturated rings. The molecule has 86 valence electrons. The van der Waals surface area contributed by atoms with Gasteiger partial charge in [-0.3, -0.25) is 0 Å². The van der Waals surface area contributed by atoms with E-state index in [9.17, 15) is 5.11 Å². The number of aliphatic hydroxyl groups excluding tert-OH is 1. The Labute approximate surface area is 92.9 Å². The van der Waals surface area contributed by atoms with Gasteiger partial charge >= 0.3 is 0 Å². The SMILES string of the molecule is CCC(C)(CO)CNCC(C)(C)SC. The van der Waals surface area contributed by atoms with Crippen LogP contribution in [-0.4, -0.2) is 35.8 Å². The van der Waals surface area contributed by atoms with Crippen molar-refractivity contribution in [2.45, 2.75) is 38.9 Å². The average Bonchev–Trinajstić information content (AvgIpc) is 2.17. The van der Waals surface area contributed by atoms with Crippen LogP contribution in [0.3, 0.4) is 0 Å². The van der Waals surface area contributed by atoms with Crippen LogP contribution in [0.25, 0.3) is 0 Å². The molecule has 0 saturated heterocycles. The third kappa shape index (κ3) is 5.23. The number of hydrogen-bond acceptors (Lipinski definition) is 3. The number of thioether (sulfide) groups is 1. The van der Waals surface area contributed by atoms with Crippen molar-refractivity contribution in [2.24, 2.45) is 5.41 Å². The van der Waals surface area contributed by atoms with E-state index in [-0.39, 0.29) is 16.8 Å². The zero-order chi connectivity index (χ0) is 11.2. The van der Waals surface area contributed by atoms with Crippen LogP contribution in [0.1, 0.15) is 34.1 Å². The van der Waals surface area contributed by atoms with Gasteiger partial charge in [-0.25, -0.2) is 0 Å². The van der Waals surface area contributed by atoms with Crippen molar-refractivity contribution in [1.29, 1.82) is 0 Å². The smallest absolute Gasteiger partial charge is 0.0496 e. The molecule has 0 rings (SSSR count). The largest absolute Gasteiger partial charge is 0.396 e. The predicted molar refractivity (Wildman–Crippen MR) is 65.9 cm³/mol. The summed E-state index contributed by atoms with van der Waals surface area (Å²) >= 11 is 1.87. The van der Waals surface area contributed by atoms with Gasteiger partial charge in [-0.15, -0.1) is 0 Å². The van der Waals surface area contributed by atoms with Gasteiger partial charge in [0.05, 0.1) is 0 Å². The molecule has 0 amide bonds. The number of aliphatic hydroxyl groups is 1. The maximum absolute atomic E-state index is 9.23. The van der Waals surface area contributed by atoms with Crippen LogP contribution in [-0.2, 0) is 0 Å². The minimum absolute atomic E-state index is 0.0362. The van der Waals surface area contributed by atoms with E-state index in [0.29, 0.717) is 0 Å². The van der Waals surface area contributed by atoms with Gasteiger partial charge in [0, 0.05) is 29.9 Å². The Bertz CT molecular complexity index is 155. The Morgan fingerprint density at radius 1 is 1.21 bits per heavy atom. The molecule has 0 saturated carbocycles. The van der Waals surface area contributed by atoms with Crippen molar-refractivity contribution in [1.82, 2.24) is 5.32 Å². The molecule has 0 aliphatic carbocycles. The molecule has 0 aromatic rings. The summed E-state index contributed by atoms with van der Waals surface area (Å²) in [5.41, 5.74) is 0.0362. The summed E-state index contributed by atoms with van der Waals surface area (Å²) in [6.07, 6.45) is 3.14. The molecule has 2 N–H and O–H groups in total. The first-order valence-corrected chi connectivity index (χ1v) is 6.48. The lowest BCUT2D eigenvalue weighted by atomic mass is 9.88. The van der Waals surface area contributed by atoms with Crippen LogP contribution < -0.4 is 5.32 Å². The molecule has 0 aliphatic rings. The summed E-state index contributed by atoms with van der Waals surface area (Å²) in [5.74, 6) is 0. The molecule has 0 spiro atoms. The fourth-order valence-corrected chi connectivity index (χ4v) is 1.28. The van der Waals surface area contributed by atoms with E-state index in [0.717, 1.165) is 19.5 Å². The normalized spacial score (nSPS) is 16.7. The fourth-order valence-electron chi connectivity index (χ4n) is 1.03. The highest BCUT2D eigenvalue weighted by atomic mass is 32.2. The van der Waals surface area contributed by atoms with Gasteiger partial charge in [-0.05, 0) is 26.5 Å². The Balaban J connectivity index is 3.83. The second kappa shape index (κ2) is 5.99. The summed E-state index contributed by atoms with van der Waals surface area (Å²) in [5, 5.41) is 12.7. The van der Waals surface area contributed by atoms with Crippen LogP contribution >= 0.6 is 11.8 Å². The monoisotopic (exact) mass is 219 g/mol. The highest BCUT2D eigenvalue weighted by Gasteiger charge is 2.22. The van der Waals surface area contributed by atoms with Gasteiger partial charge in [0.2, 0.25) is 0 Å². The zero-order valence-electron chi connectivity index (χ0n) is 10.2. The van der Waals surface area contributed by atoms with E-state index in [2.05, 4.69) is 39.3 Å². The molecule has 0 bridgehead atoms. The van der Waals surface area contributed by atoms with Crippen molar-refractivity contribution in [3.05, 3.63) is 0 Å². The molecule has 0 aromatic heterocycles. The van der Waals surface area contributed by atoms with Crippen molar-refractivity contribution < 1.29 is 5.11 Å². The van der Waals surface area contributed by atoms with Gasteiger partial charge < -0.3 is 10.4 Å². The molecule has 14 heavy (non-hydrogen) atoms. The second-order valence-electron chi connectivity index (χ2n) is 4.89. The lowest BCUT2D eigenvalue weighted by Crippen LogP contribution is -2.40. The third-order valence-electron chi connectivity index (χ3n) is 2.89. The summed E-state index contributed by atoms with van der Waals surface area (Å²) in [7, 11) is 0. The first-order valence-electron chi connectivity index (χ1n) is 5.26. The quantitative estimate of drug-likeness (QED) is 0.688. The summed E-state index contributed by atoms with van der Waals surface area (Å²) in [6.45, 7) is 10.8. The molecular formula is C11H25NOS. The van der Waals surface area contributed by atoms with Crippen molar-refractivity contribution in [2.75, 3.05) is 26.0 Å². The minimum atomic E-state index is 0.0362. The molecule has 1 atom stereocenters. The van der Waals surface area contributed by atoms with Crippen LogP contribution in [0.15, 0.2) is 0 Å². The molecule has 0 radical (unpaired) electrons. The number of hydrogen-bond donors (Lipinski definition) is 2. The van der Waals surface area contributed by atoms with Gasteiger partial charge in [0.15, 0.2) is 0 Å². The fraction of sp³-hybridized carbons (Fsp3) is 1.00. The van der Waals surface area contributed by atoms with E-state index in [4.69, 9.17) is 0 Å². The van der Waals surface area contributed by atoms with Gasteiger partial charge in [0.25, 0.3) is 0 Å². The predicted octanol–water partition coefficient (Wildman–Crippen LogP) is 2.13. The third-order valence-corrected chi connectivity index (χ3v) is 4.14. The topological polar surface area (TPSA) is 32.3 Å². The second-order valence-corrected chi connectivity index (χ2v) is 6.40. The van der Waals surface area contributed by atoms with E-state index in [1.807, 2.05) is 11.8 Å². The molecular weight excluding hydrogens is 194 g/mol. The Morgan fingerprint density at radius 3 is 2.14 bits per heavy atom. The van der Waals surface area contributed by atoms with E-state index < -0.39 is 0 Å². The van der Waals surface area contributed by atoms with Crippen molar-refractivity contribution >= 4 is 11.8 Å². The first-order chi connectivity index (χ1) is 6.39. The van der Waals surface area contributed by atoms with Crippen LogP contribution in [0.4, 0.5) is 0 Å². The maximum atomic E-state index is 9.23. The van der Waals surface area contributed by atoms with Crippen LogP contribution in [0, 0.1) is 5.41 Å². The van der Waals surface area contributed by atoms with E-state index >= 15 is 0 Å². The van der Waals surface area contributed by atoms with Gasteiger partial charge in [0.1, 0.15) is 0 Å². The van der Waals surface area contributed by atoms with Crippen LogP contribution in [0.2, 0.25) is 0 Å². The van der Waals surface area contributed by atoms with Crippen molar-refractivity contribution in [3.8, 4) is 0 Å². The number of rotatable bonds is 7. The summed E-state index contributed by atoms with van der Waals surface area (Å²) < 4.78 is 0.282. The standard InChI is InChI=1S/C11H25NOS/c1-6-11(4,9-13)8-12-7-10(2,3)14-5/h12-13H,6-9H2,1-5H3.